The second-order valence-electron chi connectivity index (χ2n) is 9.21. The maximum Gasteiger partial charge on any atom is 0.514 e. The van der Waals surface area contributed by atoms with E-state index in [0.29, 0.717) is 16.2 Å². The minimum absolute atomic E-state index is 0.0419. The summed E-state index contributed by atoms with van der Waals surface area (Å²) in [6.45, 7) is -0.651. The number of nitro benzene ring substituents is 1. The van der Waals surface area contributed by atoms with Gasteiger partial charge in [0.25, 0.3) is 27.6 Å². The summed E-state index contributed by atoms with van der Waals surface area (Å²) < 4.78 is 42.6. The van der Waals surface area contributed by atoms with E-state index in [9.17, 15) is 51.9 Å². The summed E-state index contributed by atoms with van der Waals surface area (Å²) in [6.07, 6.45) is 0.664. The van der Waals surface area contributed by atoms with E-state index in [4.69, 9.17) is 9.47 Å². The zero-order valence-electron chi connectivity index (χ0n) is 23.2. The van der Waals surface area contributed by atoms with Crippen molar-refractivity contribution in [2.75, 3.05) is 18.4 Å². The van der Waals surface area contributed by atoms with Gasteiger partial charge in [0.2, 0.25) is 17.7 Å². The quantitative estimate of drug-likeness (QED) is 0.0560. The Labute approximate surface area is 254 Å². The van der Waals surface area contributed by atoms with Crippen molar-refractivity contribution in [1.29, 1.82) is 0 Å². The van der Waals surface area contributed by atoms with Crippen LogP contribution < -0.4 is 20.7 Å². The molecule has 0 bridgehead atoms. The first kappa shape index (κ1) is 33.8. The second-order valence-corrected chi connectivity index (χ2v) is 10.8. The molecule has 0 aliphatic carbocycles. The minimum atomic E-state index is -5.08. The zero-order valence-corrected chi connectivity index (χ0v) is 24.0. The number of non-ortho nitro benzene ring substituents is 1. The standard InChI is InChI=1S/C26H25N5O13S/c1-15(28-21(32)12-27-25(36)20(45(40,41)42)13-30-22(33)10-11-23(30)34)24(35)29-17-4-2-16(3-5-17)14-43-26(37)44-19-8-6-18(7-9-19)31(38)39/h2-11,15,20H,12-14H2,1H3,(H,27,36)(H,28,32)(H,29,35)(H,40,41,42)/t15-,20?/m0/s1. The van der Waals surface area contributed by atoms with Crippen molar-refractivity contribution in [2.45, 2.75) is 24.8 Å². The van der Waals surface area contributed by atoms with Gasteiger partial charge in [-0.15, -0.1) is 0 Å². The molecule has 0 saturated carbocycles. The van der Waals surface area contributed by atoms with Crippen LogP contribution in [0.3, 0.4) is 0 Å². The first-order valence-corrected chi connectivity index (χ1v) is 14.2. The fraction of sp³-hybridized carbons (Fsp3) is 0.231. The number of hydrogen-bond donors (Lipinski definition) is 4. The third-order valence-electron chi connectivity index (χ3n) is 5.92. The van der Waals surface area contributed by atoms with Crippen LogP contribution in [-0.2, 0) is 45.4 Å². The first-order valence-electron chi connectivity index (χ1n) is 12.7. The van der Waals surface area contributed by atoms with Crippen LogP contribution in [0.1, 0.15) is 12.5 Å². The average molecular weight is 648 g/mol. The van der Waals surface area contributed by atoms with Crippen molar-refractivity contribution >= 4 is 57.2 Å². The molecule has 2 aromatic rings. The average Bonchev–Trinajstić information content (AvgIpc) is 3.30. The highest BCUT2D eigenvalue weighted by molar-refractivity contribution is 7.87. The van der Waals surface area contributed by atoms with Crippen LogP contribution in [-0.4, -0.2) is 82.9 Å². The lowest BCUT2D eigenvalue weighted by Crippen LogP contribution is -2.51. The van der Waals surface area contributed by atoms with Gasteiger partial charge in [-0.1, -0.05) is 12.1 Å². The fourth-order valence-electron chi connectivity index (χ4n) is 3.57. The van der Waals surface area contributed by atoms with E-state index in [2.05, 4.69) is 10.6 Å². The molecule has 5 amide bonds. The van der Waals surface area contributed by atoms with Gasteiger partial charge in [-0.2, -0.15) is 8.42 Å². The van der Waals surface area contributed by atoms with Crippen molar-refractivity contribution in [3.05, 3.63) is 76.4 Å². The molecule has 0 radical (unpaired) electrons. The predicted molar refractivity (Wildman–Crippen MR) is 151 cm³/mol. The zero-order chi connectivity index (χ0) is 33.3. The molecule has 0 spiro atoms. The molecule has 1 heterocycles. The topological polar surface area (TPSA) is 258 Å². The van der Waals surface area contributed by atoms with Gasteiger partial charge in [0.15, 0.2) is 5.25 Å². The number of carbonyl (C=O) groups is 6. The molecule has 18 nitrogen and oxygen atoms in total. The van der Waals surface area contributed by atoms with Crippen LogP contribution >= 0.6 is 0 Å². The Kier molecular flexibility index (Phi) is 11.0. The summed E-state index contributed by atoms with van der Waals surface area (Å²) in [6, 6.07) is 9.67. The number of benzene rings is 2. The molecule has 3 rings (SSSR count). The smallest absolute Gasteiger partial charge is 0.429 e. The number of imide groups is 1. The molecule has 2 aromatic carbocycles. The van der Waals surface area contributed by atoms with Gasteiger partial charge in [0, 0.05) is 30.0 Å². The molecule has 45 heavy (non-hydrogen) atoms. The van der Waals surface area contributed by atoms with Crippen LogP contribution in [0.25, 0.3) is 0 Å². The van der Waals surface area contributed by atoms with E-state index in [0.717, 1.165) is 24.3 Å². The Balaban J connectivity index is 1.42. The Hall–Kier alpha value is -5.69. The van der Waals surface area contributed by atoms with E-state index in [-0.39, 0.29) is 18.0 Å². The number of nitro groups is 1. The molecular formula is C26H25N5O13S. The number of nitrogens with one attached hydrogen (secondary N) is 3. The summed E-state index contributed by atoms with van der Waals surface area (Å²) in [5, 5.41) is 15.2. The van der Waals surface area contributed by atoms with Gasteiger partial charge < -0.3 is 25.4 Å². The predicted octanol–water partition coefficient (Wildman–Crippen LogP) is 0.0512. The third kappa shape index (κ3) is 9.93. The maximum absolute atomic E-state index is 12.5. The van der Waals surface area contributed by atoms with E-state index in [1.807, 2.05) is 5.32 Å². The molecule has 1 unspecified atom stereocenters. The molecule has 2 atom stereocenters. The summed E-state index contributed by atoms with van der Waals surface area (Å²) in [4.78, 5) is 82.8. The van der Waals surface area contributed by atoms with E-state index < -0.39 is 75.1 Å². The number of ether oxygens (including phenoxy) is 2. The summed E-state index contributed by atoms with van der Waals surface area (Å²) in [5.74, 6) is -4.66. The fourth-order valence-corrected chi connectivity index (χ4v) is 4.26. The Morgan fingerprint density at radius 1 is 0.978 bits per heavy atom. The largest absolute Gasteiger partial charge is 0.514 e. The Morgan fingerprint density at radius 2 is 1.58 bits per heavy atom. The van der Waals surface area contributed by atoms with E-state index in [1.165, 1.54) is 43.3 Å². The van der Waals surface area contributed by atoms with Gasteiger partial charge in [-0.05, 0) is 36.8 Å². The van der Waals surface area contributed by atoms with Crippen molar-refractivity contribution in [3.8, 4) is 5.75 Å². The molecule has 1 aliphatic heterocycles. The molecule has 4 N–H and O–H groups in total. The van der Waals surface area contributed by atoms with E-state index >= 15 is 0 Å². The second kappa shape index (κ2) is 14.7. The molecule has 19 heteroatoms. The first-order chi connectivity index (χ1) is 21.1. The summed E-state index contributed by atoms with van der Waals surface area (Å²) >= 11 is 0. The summed E-state index contributed by atoms with van der Waals surface area (Å²) in [5.41, 5.74) is 0.647. The van der Waals surface area contributed by atoms with Crippen LogP contribution in [0.2, 0.25) is 0 Å². The molecule has 0 fully saturated rings. The summed E-state index contributed by atoms with van der Waals surface area (Å²) in [7, 11) is -5.08. The Morgan fingerprint density at radius 3 is 2.13 bits per heavy atom. The van der Waals surface area contributed by atoms with Gasteiger partial charge in [-0.3, -0.25) is 43.5 Å². The lowest BCUT2D eigenvalue weighted by molar-refractivity contribution is -0.384. The minimum Gasteiger partial charge on any atom is -0.429 e. The maximum atomic E-state index is 12.5. The van der Waals surface area contributed by atoms with Gasteiger partial charge in [0.1, 0.15) is 18.4 Å². The number of rotatable bonds is 13. The van der Waals surface area contributed by atoms with Crippen molar-refractivity contribution in [1.82, 2.24) is 15.5 Å². The van der Waals surface area contributed by atoms with Crippen LogP contribution in [0.5, 0.6) is 5.75 Å². The molecule has 238 valence electrons. The number of hydrogen-bond acceptors (Lipinski definition) is 12. The number of amides is 5. The Bertz CT molecular complexity index is 1620. The van der Waals surface area contributed by atoms with Crippen molar-refractivity contribution in [3.63, 3.8) is 0 Å². The van der Waals surface area contributed by atoms with Crippen molar-refractivity contribution in [2.24, 2.45) is 0 Å². The highest BCUT2D eigenvalue weighted by Gasteiger charge is 2.37. The molecule has 0 aromatic heterocycles. The SMILES string of the molecule is C[C@H](NC(=O)CNC(=O)C(CN1C(=O)C=CC1=O)S(=O)(=O)O)C(=O)Nc1ccc(COC(=O)Oc2ccc([N+](=O)[O-])cc2)cc1. The molecule has 1 aliphatic rings. The van der Waals surface area contributed by atoms with E-state index in [1.54, 1.807) is 0 Å². The van der Waals surface area contributed by atoms with Crippen molar-refractivity contribution < 1.29 is 56.1 Å². The number of nitrogens with zero attached hydrogens (tertiary/aromatic N) is 2. The highest BCUT2D eigenvalue weighted by atomic mass is 32.2. The normalized spacial score (nSPS) is 13.9. The van der Waals surface area contributed by atoms with Crippen LogP contribution in [0.15, 0.2) is 60.7 Å². The highest BCUT2D eigenvalue weighted by Crippen LogP contribution is 2.18. The molecular weight excluding hydrogens is 622 g/mol. The number of carbonyl (C=O) groups excluding carboxylic acids is 6. The lowest BCUT2D eigenvalue weighted by atomic mass is 10.2. The molecule has 0 saturated heterocycles. The van der Waals surface area contributed by atoms with Gasteiger partial charge in [-0.25, -0.2) is 4.79 Å². The lowest BCUT2D eigenvalue weighted by Gasteiger charge is -2.20. The van der Waals surface area contributed by atoms with Crippen LogP contribution in [0, 0.1) is 10.1 Å². The monoisotopic (exact) mass is 647 g/mol. The van der Waals surface area contributed by atoms with Crippen LogP contribution in [0.4, 0.5) is 16.2 Å². The van der Waals surface area contributed by atoms with Gasteiger partial charge in [0.05, 0.1) is 18.0 Å². The third-order valence-corrected chi connectivity index (χ3v) is 7.00. The number of anilines is 1. The van der Waals surface area contributed by atoms with Gasteiger partial charge >= 0.3 is 6.16 Å².